The highest BCUT2D eigenvalue weighted by molar-refractivity contribution is 7.89. The number of benzene rings is 2. The lowest BCUT2D eigenvalue weighted by Gasteiger charge is -2.32. The first-order valence-electron chi connectivity index (χ1n) is 8.00. The molecule has 2 rings (SSSR count). The van der Waals surface area contributed by atoms with Crippen molar-refractivity contribution in [3.8, 4) is 0 Å². The Morgan fingerprint density at radius 2 is 1.71 bits per heavy atom. The van der Waals surface area contributed by atoms with Crippen molar-refractivity contribution in [2.75, 3.05) is 18.1 Å². The molecule has 0 saturated carbocycles. The summed E-state index contributed by atoms with van der Waals surface area (Å²) < 4.78 is 22.6. The number of para-hydroxylation sites is 1. The summed E-state index contributed by atoms with van der Waals surface area (Å²) in [5.41, 5.74) is 2.09. The third-order valence-electron chi connectivity index (χ3n) is 4.10. The first-order valence-corrected chi connectivity index (χ1v) is 9.54. The Kier molecular flexibility index (Phi) is 6.36. The highest BCUT2D eigenvalue weighted by Crippen LogP contribution is 2.19. The van der Waals surface area contributed by atoms with Crippen molar-refractivity contribution < 1.29 is 13.5 Å². The predicted molar refractivity (Wildman–Crippen MR) is 96.5 cm³/mol. The van der Waals surface area contributed by atoms with Crippen LogP contribution < -0.4 is 10.0 Å². The Balaban J connectivity index is 2.13. The van der Waals surface area contributed by atoms with Gasteiger partial charge in [-0.1, -0.05) is 37.3 Å². The number of nitrogens with two attached hydrogens (primary N) is 1. The molecule has 3 N–H and O–H groups in total. The van der Waals surface area contributed by atoms with Crippen LogP contribution in [0.3, 0.4) is 0 Å². The minimum absolute atomic E-state index is 0.0519. The molecule has 0 saturated heterocycles. The molecular formula is C18H24N2O3S. The van der Waals surface area contributed by atoms with Crippen molar-refractivity contribution in [2.45, 2.75) is 30.7 Å². The van der Waals surface area contributed by atoms with Gasteiger partial charge < -0.3 is 10.0 Å². The number of aliphatic hydroxyl groups is 1. The van der Waals surface area contributed by atoms with E-state index >= 15 is 0 Å². The summed E-state index contributed by atoms with van der Waals surface area (Å²) in [5.74, 6) is 0. The number of sulfonamides is 1. The van der Waals surface area contributed by atoms with E-state index in [0.29, 0.717) is 0 Å². The number of hydrogen-bond acceptors (Lipinski definition) is 4. The molecule has 6 heteroatoms. The fraction of sp³-hybridized carbons (Fsp3) is 0.333. The molecular weight excluding hydrogens is 324 g/mol. The van der Waals surface area contributed by atoms with Gasteiger partial charge in [0.05, 0.1) is 17.5 Å². The second-order valence-corrected chi connectivity index (χ2v) is 7.27. The monoisotopic (exact) mass is 348 g/mol. The third-order valence-corrected chi connectivity index (χ3v) is 5.03. The zero-order valence-corrected chi connectivity index (χ0v) is 14.6. The van der Waals surface area contributed by atoms with Gasteiger partial charge in [0.1, 0.15) is 0 Å². The molecule has 0 fully saturated rings. The molecule has 0 bridgehead atoms. The number of primary sulfonamides is 1. The van der Waals surface area contributed by atoms with Crippen LogP contribution >= 0.6 is 0 Å². The van der Waals surface area contributed by atoms with Crippen molar-refractivity contribution in [1.29, 1.82) is 0 Å². The first kappa shape index (κ1) is 18.4. The van der Waals surface area contributed by atoms with Crippen molar-refractivity contribution in [2.24, 2.45) is 5.14 Å². The van der Waals surface area contributed by atoms with E-state index in [0.717, 1.165) is 30.6 Å². The van der Waals surface area contributed by atoms with Crippen molar-refractivity contribution in [3.05, 3.63) is 60.2 Å². The molecule has 0 aliphatic rings. The number of nitrogens with zero attached hydrogens (tertiary/aromatic N) is 1. The fourth-order valence-corrected chi connectivity index (χ4v) is 3.20. The molecule has 0 amide bonds. The van der Waals surface area contributed by atoms with Crippen LogP contribution in [0.2, 0.25) is 0 Å². The Labute approximate surface area is 143 Å². The van der Waals surface area contributed by atoms with E-state index < -0.39 is 10.0 Å². The van der Waals surface area contributed by atoms with E-state index in [9.17, 15) is 13.5 Å². The minimum atomic E-state index is -3.66. The van der Waals surface area contributed by atoms with E-state index in [1.54, 1.807) is 12.1 Å². The van der Waals surface area contributed by atoms with Crippen molar-refractivity contribution in [3.63, 3.8) is 0 Å². The number of aliphatic hydroxyl groups excluding tert-OH is 1. The summed E-state index contributed by atoms with van der Waals surface area (Å²) in [4.78, 5) is 2.31. The van der Waals surface area contributed by atoms with Gasteiger partial charge in [-0.05, 0) is 42.7 Å². The van der Waals surface area contributed by atoms with E-state index in [1.165, 1.54) is 12.1 Å². The van der Waals surface area contributed by atoms with Gasteiger partial charge in [-0.3, -0.25) is 0 Å². The summed E-state index contributed by atoms with van der Waals surface area (Å²) >= 11 is 0. The lowest BCUT2D eigenvalue weighted by Crippen LogP contribution is -2.39. The van der Waals surface area contributed by atoms with Gasteiger partial charge in [0.15, 0.2) is 0 Å². The van der Waals surface area contributed by atoms with E-state index in [-0.39, 0.29) is 17.5 Å². The minimum Gasteiger partial charge on any atom is -0.394 e. The Hall–Kier alpha value is -1.89. The SMILES string of the molecule is CCC(CO)N(CCc1ccc(S(N)(=O)=O)cc1)c1ccccc1. The van der Waals surface area contributed by atoms with Gasteiger partial charge in [-0.25, -0.2) is 13.6 Å². The second-order valence-electron chi connectivity index (χ2n) is 5.71. The van der Waals surface area contributed by atoms with Gasteiger partial charge in [0, 0.05) is 12.2 Å². The number of rotatable bonds is 8. The zero-order chi connectivity index (χ0) is 17.6. The number of hydrogen-bond donors (Lipinski definition) is 2. The molecule has 0 aromatic heterocycles. The smallest absolute Gasteiger partial charge is 0.238 e. The molecule has 0 spiro atoms. The van der Waals surface area contributed by atoms with Crippen molar-refractivity contribution in [1.82, 2.24) is 0 Å². The molecule has 5 nitrogen and oxygen atoms in total. The molecule has 2 aromatic rings. The van der Waals surface area contributed by atoms with Gasteiger partial charge in [0.25, 0.3) is 0 Å². The molecule has 0 aliphatic carbocycles. The predicted octanol–water partition coefficient (Wildman–Crippen LogP) is 2.15. The molecule has 1 atom stereocenters. The maximum atomic E-state index is 11.3. The number of anilines is 1. The lowest BCUT2D eigenvalue weighted by molar-refractivity contribution is 0.256. The van der Waals surface area contributed by atoms with Crippen LogP contribution in [0, 0.1) is 0 Å². The molecule has 0 radical (unpaired) electrons. The Morgan fingerprint density at radius 3 is 2.21 bits per heavy atom. The van der Waals surface area contributed by atoms with Crippen molar-refractivity contribution >= 4 is 15.7 Å². The van der Waals surface area contributed by atoms with Gasteiger partial charge in [-0.2, -0.15) is 0 Å². The zero-order valence-electron chi connectivity index (χ0n) is 13.8. The summed E-state index contributed by atoms with van der Waals surface area (Å²) in [7, 11) is -3.66. The van der Waals surface area contributed by atoms with Crippen LogP contribution in [0.1, 0.15) is 18.9 Å². The van der Waals surface area contributed by atoms with Crippen LogP contribution in [0.5, 0.6) is 0 Å². The van der Waals surface area contributed by atoms with E-state index in [2.05, 4.69) is 11.8 Å². The second kappa shape index (κ2) is 8.28. The van der Waals surface area contributed by atoms with Crippen LogP contribution in [0.4, 0.5) is 5.69 Å². The average molecular weight is 348 g/mol. The van der Waals surface area contributed by atoms with Crippen LogP contribution in [-0.4, -0.2) is 32.7 Å². The molecule has 1 unspecified atom stereocenters. The van der Waals surface area contributed by atoms with Gasteiger partial charge in [-0.15, -0.1) is 0 Å². The summed E-state index contributed by atoms with van der Waals surface area (Å²) in [6.45, 7) is 2.88. The fourth-order valence-electron chi connectivity index (χ4n) is 2.69. The van der Waals surface area contributed by atoms with Gasteiger partial charge >= 0.3 is 0 Å². The third kappa shape index (κ3) is 4.80. The molecule has 0 aliphatic heterocycles. The maximum absolute atomic E-state index is 11.3. The van der Waals surface area contributed by atoms with Crippen LogP contribution in [-0.2, 0) is 16.4 Å². The standard InChI is InChI=1S/C18H24N2O3S/c1-2-16(14-21)20(17-6-4-3-5-7-17)13-12-15-8-10-18(11-9-15)24(19,22)23/h3-11,16,21H,2,12-14H2,1H3,(H2,19,22,23). The average Bonchev–Trinajstić information content (AvgIpc) is 2.59. The molecule has 2 aromatic carbocycles. The highest BCUT2D eigenvalue weighted by atomic mass is 32.2. The van der Waals surface area contributed by atoms with Gasteiger partial charge in [0.2, 0.25) is 10.0 Å². The summed E-state index contributed by atoms with van der Waals surface area (Å²) in [6, 6.07) is 16.7. The van der Waals surface area contributed by atoms with Crippen LogP contribution in [0.15, 0.2) is 59.5 Å². The molecule has 24 heavy (non-hydrogen) atoms. The largest absolute Gasteiger partial charge is 0.394 e. The maximum Gasteiger partial charge on any atom is 0.238 e. The van der Waals surface area contributed by atoms with E-state index in [4.69, 9.17) is 5.14 Å². The molecule has 130 valence electrons. The Morgan fingerprint density at radius 1 is 1.08 bits per heavy atom. The van der Waals surface area contributed by atoms with E-state index in [1.807, 2.05) is 30.3 Å². The lowest BCUT2D eigenvalue weighted by atomic mass is 10.1. The normalized spacial score (nSPS) is 12.8. The quantitative estimate of drug-likeness (QED) is 0.766. The van der Waals surface area contributed by atoms with Crippen LogP contribution in [0.25, 0.3) is 0 Å². The highest BCUT2D eigenvalue weighted by Gasteiger charge is 2.16. The topological polar surface area (TPSA) is 83.6 Å². The first-order chi connectivity index (χ1) is 11.5. The Bertz CT molecular complexity index is 727. The summed E-state index contributed by atoms with van der Waals surface area (Å²) in [5, 5.41) is 14.8. The summed E-state index contributed by atoms with van der Waals surface area (Å²) in [6.07, 6.45) is 1.59. The molecule has 0 heterocycles.